The fourth-order valence-electron chi connectivity index (χ4n) is 0.883. The molecule has 3 N–H and O–H groups in total. The van der Waals surface area contributed by atoms with Crippen LogP contribution in [0.5, 0.6) is 0 Å². The van der Waals surface area contributed by atoms with E-state index in [4.69, 9.17) is 5.73 Å². The number of carbonyl (C=O) groups excluding carboxylic acids is 1. The van der Waals surface area contributed by atoms with Gasteiger partial charge in [0.1, 0.15) is 5.00 Å². The first-order valence-corrected chi connectivity index (χ1v) is 4.04. The van der Waals surface area contributed by atoms with Gasteiger partial charge in [-0.2, -0.15) is 0 Å². The summed E-state index contributed by atoms with van der Waals surface area (Å²) < 4.78 is 0. The lowest BCUT2D eigenvalue weighted by molar-refractivity contribution is 0.100. The maximum absolute atomic E-state index is 10.8. The Balaban J connectivity index is 3.12. The lowest BCUT2D eigenvalue weighted by Crippen LogP contribution is -2.11. The van der Waals surface area contributed by atoms with Gasteiger partial charge in [0.25, 0.3) is 5.91 Å². The molecule has 4 heteroatoms. The molecule has 0 unspecified atom stereocenters. The predicted molar refractivity (Wildman–Crippen MR) is 47.1 cm³/mol. The van der Waals surface area contributed by atoms with Gasteiger partial charge in [0.2, 0.25) is 0 Å². The van der Waals surface area contributed by atoms with Crippen molar-refractivity contribution in [3.63, 3.8) is 0 Å². The molecule has 0 fully saturated rings. The molecule has 0 atom stereocenters. The lowest BCUT2D eigenvalue weighted by Gasteiger charge is -1.95. The number of anilines is 1. The van der Waals surface area contributed by atoms with Crippen LogP contribution in [0.2, 0.25) is 0 Å². The predicted octanol–water partition coefficient (Wildman–Crippen LogP) is 1.20. The standard InChI is InChI=1S/C7H10N2OS/c1-4-3-5(6(8)10)7(9-2)11-4/h3,9H,1-2H3,(H2,8,10). The molecule has 1 amide bonds. The van der Waals surface area contributed by atoms with Crippen LogP contribution in [0.25, 0.3) is 0 Å². The first kappa shape index (κ1) is 8.07. The zero-order chi connectivity index (χ0) is 8.43. The molecule has 1 aromatic rings. The summed E-state index contributed by atoms with van der Waals surface area (Å²) in [7, 11) is 1.78. The molecule has 0 aliphatic carbocycles. The van der Waals surface area contributed by atoms with Crippen LogP contribution in [-0.2, 0) is 0 Å². The van der Waals surface area contributed by atoms with E-state index in [1.807, 2.05) is 6.92 Å². The second kappa shape index (κ2) is 2.92. The highest BCUT2D eigenvalue weighted by Gasteiger charge is 2.09. The molecular formula is C7H10N2OS. The Hall–Kier alpha value is -1.03. The first-order valence-electron chi connectivity index (χ1n) is 3.23. The summed E-state index contributed by atoms with van der Waals surface area (Å²) in [4.78, 5) is 11.9. The van der Waals surface area contributed by atoms with Gasteiger partial charge in [0.05, 0.1) is 5.56 Å². The zero-order valence-electron chi connectivity index (χ0n) is 6.47. The van der Waals surface area contributed by atoms with Crippen LogP contribution >= 0.6 is 11.3 Å². The SMILES string of the molecule is CNc1sc(C)cc1C(N)=O. The number of amides is 1. The Morgan fingerprint density at radius 1 is 1.73 bits per heavy atom. The average molecular weight is 170 g/mol. The summed E-state index contributed by atoms with van der Waals surface area (Å²) in [6.07, 6.45) is 0. The van der Waals surface area contributed by atoms with Gasteiger partial charge >= 0.3 is 0 Å². The van der Waals surface area contributed by atoms with E-state index in [-0.39, 0.29) is 5.91 Å². The van der Waals surface area contributed by atoms with E-state index in [0.717, 1.165) is 9.88 Å². The van der Waals surface area contributed by atoms with E-state index in [1.54, 1.807) is 13.1 Å². The van der Waals surface area contributed by atoms with Gasteiger partial charge in [-0.1, -0.05) is 0 Å². The zero-order valence-corrected chi connectivity index (χ0v) is 7.29. The molecular weight excluding hydrogens is 160 g/mol. The highest BCUT2D eigenvalue weighted by Crippen LogP contribution is 2.26. The summed E-state index contributed by atoms with van der Waals surface area (Å²) in [5, 5.41) is 3.76. The maximum atomic E-state index is 10.8. The minimum atomic E-state index is -0.376. The molecule has 11 heavy (non-hydrogen) atoms. The highest BCUT2D eigenvalue weighted by molar-refractivity contribution is 7.16. The summed E-state index contributed by atoms with van der Waals surface area (Å²) in [5.41, 5.74) is 5.71. The summed E-state index contributed by atoms with van der Waals surface area (Å²) in [6, 6.07) is 1.79. The van der Waals surface area contributed by atoms with Crippen LogP contribution in [0.1, 0.15) is 15.2 Å². The van der Waals surface area contributed by atoms with Gasteiger partial charge < -0.3 is 11.1 Å². The second-order valence-corrected chi connectivity index (χ2v) is 3.47. The Morgan fingerprint density at radius 3 is 2.73 bits per heavy atom. The molecule has 1 aromatic heterocycles. The summed E-state index contributed by atoms with van der Waals surface area (Å²) in [6.45, 7) is 1.94. The Bertz CT molecular complexity index is 280. The fourth-order valence-corrected chi connectivity index (χ4v) is 1.75. The molecule has 0 aromatic carbocycles. The van der Waals surface area contributed by atoms with Crippen molar-refractivity contribution >= 4 is 22.2 Å². The van der Waals surface area contributed by atoms with E-state index in [9.17, 15) is 4.79 Å². The van der Waals surface area contributed by atoms with Crippen molar-refractivity contribution in [3.8, 4) is 0 Å². The van der Waals surface area contributed by atoms with Crippen molar-refractivity contribution in [2.75, 3.05) is 12.4 Å². The molecule has 0 saturated heterocycles. The molecule has 0 radical (unpaired) electrons. The highest BCUT2D eigenvalue weighted by atomic mass is 32.1. The third-order valence-electron chi connectivity index (χ3n) is 1.35. The van der Waals surface area contributed by atoms with Crippen LogP contribution in [0, 0.1) is 6.92 Å². The van der Waals surface area contributed by atoms with E-state index in [2.05, 4.69) is 5.32 Å². The number of carbonyl (C=O) groups is 1. The van der Waals surface area contributed by atoms with E-state index in [1.165, 1.54) is 11.3 Å². The lowest BCUT2D eigenvalue weighted by atomic mass is 10.3. The second-order valence-electron chi connectivity index (χ2n) is 2.21. The largest absolute Gasteiger partial charge is 0.379 e. The van der Waals surface area contributed by atoms with E-state index < -0.39 is 0 Å². The molecule has 0 aliphatic heterocycles. The normalized spacial score (nSPS) is 9.64. The Kier molecular flexibility index (Phi) is 2.14. The number of nitrogens with one attached hydrogen (secondary N) is 1. The molecule has 1 heterocycles. The van der Waals surface area contributed by atoms with Crippen molar-refractivity contribution in [2.24, 2.45) is 5.73 Å². The fraction of sp³-hybridized carbons (Fsp3) is 0.286. The van der Waals surface area contributed by atoms with Gasteiger partial charge in [-0.3, -0.25) is 4.79 Å². The molecule has 0 spiro atoms. The van der Waals surface area contributed by atoms with Crippen LogP contribution in [0.15, 0.2) is 6.07 Å². The molecule has 0 aliphatic rings. The number of primary amides is 1. The van der Waals surface area contributed by atoms with E-state index >= 15 is 0 Å². The third kappa shape index (κ3) is 1.51. The summed E-state index contributed by atoms with van der Waals surface area (Å²) >= 11 is 1.53. The van der Waals surface area contributed by atoms with Crippen molar-refractivity contribution in [3.05, 3.63) is 16.5 Å². The van der Waals surface area contributed by atoms with Crippen molar-refractivity contribution in [2.45, 2.75) is 6.92 Å². The van der Waals surface area contributed by atoms with Gasteiger partial charge in [-0.25, -0.2) is 0 Å². The quantitative estimate of drug-likeness (QED) is 0.700. The first-order chi connectivity index (χ1) is 5.15. The topological polar surface area (TPSA) is 55.1 Å². The van der Waals surface area contributed by atoms with Gasteiger partial charge in [-0.05, 0) is 13.0 Å². The summed E-state index contributed by atoms with van der Waals surface area (Å²) in [5.74, 6) is -0.376. The minimum absolute atomic E-state index is 0.376. The average Bonchev–Trinajstić information content (AvgIpc) is 2.30. The number of nitrogens with two attached hydrogens (primary N) is 1. The van der Waals surface area contributed by atoms with Crippen LogP contribution < -0.4 is 11.1 Å². The Labute approximate surface area is 69.2 Å². The van der Waals surface area contributed by atoms with Crippen LogP contribution in [-0.4, -0.2) is 13.0 Å². The van der Waals surface area contributed by atoms with Crippen LogP contribution in [0.4, 0.5) is 5.00 Å². The molecule has 60 valence electrons. The minimum Gasteiger partial charge on any atom is -0.379 e. The monoisotopic (exact) mass is 170 g/mol. The molecule has 1 rings (SSSR count). The molecule has 0 saturated carbocycles. The van der Waals surface area contributed by atoms with Crippen molar-refractivity contribution in [1.29, 1.82) is 0 Å². The third-order valence-corrected chi connectivity index (χ3v) is 2.42. The number of hydrogen-bond donors (Lipinski definition) is 2. The van der Waals surface area contributed by atoms with Crippen LogP contribution in [0.3, 0.4) is 0 Å². The number of aryl methyl sites for hydroxylation is 1. The van der Waals surface area contributed by atoms with Gasteiger partial charge in [-0.15, -0.1) is 11.3 Å². The van der Waals surface area contributed by atoms with Crippen molar-refractivity contribution < 1.29 is 4.79 Å². The molecule has 0 bridgehead atoms. The maximum Gasteiger partial charge on any atom is 0.251 e. The van der Waals surface area contributed by atoms with Gasteiger partial charge in [0.15, 0.2) is 0 Å². The number of hydrogen-bond acceptors (Lipinski definition) is 3. The number of thiophene rings is 1. The Morgan fingerprint density at radius 2 is 2.36 bits per heavy atom. The van der Waals surface area contributed by atoms with Crippen molar-refractivity contribution in [1.82, 2.24) is 0 Å². The molecule has 3 nitrogen and oxygen atoms in total. The number of rotatable bonds is 2. The van der Waals surface area contributed by atoms with Gasteiger partial charge in [0, 0.05) is 11.9 Å². The van der Waals surface area contributed by atoms with E-state index in [0.29, 0.717) is 5.56 Å². The smallest absolute Gasteiger partial charge is 0.251 e.